The molecule has 1 saturated heterocycles. The summed E-state index contributed by atoms with van der Waals surface area (Å²) in [4.78, 5) is 15.4. The summed E-state index contributed by atoms with van der Waals surface area (Å²) < 4.78 is 6.02. The number of carbonyl (C=O) groups excluding carboxylic acids is 1. The van der Waals surface area contributed by atoms with E-state index in [0.717, 1.165) is 36.8 Å². The largest absolute Gasteiger partial charge is 0.448 e. The predicted octanol–water partition coefficient (Wildman–Crippen LogP) is 7.88. The molecule has 0 N–H and O–H groups in total. The van der Waals surface area contributed by atoms with Crippen LogP contribution in [0.4, 0.5) is 4.79 Å². The van der Waals surface area contributed by atoms with E-state index in [1.54, 1.807) is 0 Å². The molecule has 2 heterocycles. The summed E-state index contributed by atoms with van der Waals surface area (Å²) in [7, 11) is 0. The van der Waals surface area contributed by atoms with Gasteiger partial charge < -0.3 is 4.74 Å². The number of carbonyl (C=O) groups is 1. The first-order valence-corrected chi connectivity index (χ1v) is 14.1. The van der Waals surface area contributed by atoms with E-state index in [1.807, 2.05) is 29.2 Å². The Bertz CT molecular complexity index is 1620. The average molecular weight is 523 g/mol. The van der Waals surface area contributed by atoms with E-state index < -0.39 is 0 Å². The third-order valence-corrected chi connectivity index (χ3v) is 8.76. The third-order valence-electron chi connectivity index (χ3n) is 8.76. The van der Waals surface area contributed by atoms with Gasteiger partial charge in [0.25, 0.3) is 0 Å². The van der Waals surface area contributed by atoms with Gasteiger partial charge in [-0.15, -0.1) is 0 Å². The lowest BCUT2D eigenvalue weighted by Gasteiger charge is -2.33. The molecule has 1 aliphatic carbocycles. The van der Waals surface area contributed by atoms with Gasteiger partial charge >= 0.3 is 6.09 Å². The van der Waals surface area contributed by atoms with Crippen molar-refractivity contribution in [3.8, 4) is 28.3 Å². The van der Waals surface area contributed by atoms with Gasteiger partial charge in [-0.2, -0.15) is 5.26 Å². The van der Waals surface area contributed by atoms with Gasteiger partial charge in [-0.25, -0.2) is 4.79 Å². The fourth-order valence-electron chi connectivity index (χ4n) is 6.90. The fourth-order valence-corrected chi connectivity index (χ4v) is 6.90. The average Bonchev–Trinajstić information content (AvgIpc) is 3.47. The molecule has 1 fully saturated rings. The lowest BCUT2D eigenvalue weighted by atomic mass is 9.93. The smallest absolute Gasteiger partial charge is 0.410 e. The molecule has 40 heavy (non-hydrogen) atoms. The molecular formula is C36H30N2O2. The minimum absolute atomic E-state index is 0.0768. The van der Waals surface area contributed by atoms with Crippen LogP contribution in [0, 0.1) is 11.3 Å². The number of benzene rings is 4. The number of hydrogen-bond acceptors (Lipinski definition) is 3. The highest BCUT2D eigenvalue weighted by molar-refractivity contribution is 5.79. The van der Waals surface area contributed by atoms with Crippen LogP contribution in [-0.2, 0) is 11.2 Å². The molecule has 196 valence electrons. The fraction of sp³-hybridized carbons (Fsp3) is 0.222. The Labute approximate surface area is 235 Å². The maximum absolute atomic E-state index is 13.4. The topological polar surface area (TPSA) is 53.3 Å². The van der Waals surface area contributed by atoms with Crippen LogP contribution in [0.15, 0.2) is 109 Å². The van der Waals surface area contributed by atoms with E-state index in [1.165, 1.54) is 33.4 Å². The first-order chi connectivity index (χ1) is 19.7. The Kier molecular flexibility index (Phi) is 6.21. The molecular weight excluding hydrogens is 492 g/mol. The number of nitrogens with zero attached hydrogens (tertiary/aromatic N) is 2. The second-order valence-corrected chi connectivity index (χ2v) is 11.1. The number of fused-ring (bicyclic) bond motifs is 5. The highest BCUT2D eigenvalue weighted by atomic mass is 16.6. The van der Waals surface area contributed by atoms with Gasteiger partial charge in [0.1, 0.15) is 6.61 Å². The van der Waals surface area contributed by atoms with Gasteiger partial charge in [0.2, 0.25) is 0 Å². The van der Waals surface area contributed by atoms with Crippen molar-refractivity contribution in [3.05, 3.63) is 131 Å². The summed E-state index contributed by atoms with van der Waals surface area (Å²) in [5.74, 6) is 0.0768. The lowest BCUT2D eigenvalue weighted by molar-refractivity contribution is 0.0849. The molecule has 4 heteroatoms. The van der Waals surface area contributed by atoms with Crippen molar-refractivity contribution >= 4 is 6.09 Å². The Hall–Kier alpha value is -4.62. The Morgan fingerprint density at radius 1 is 0.825 bits per heavy atom. The highest BCUT2D eigenvalue weighted by Crippen LogP contribution is 2.45. The number of rotatable bonds is 5. The minimum Gasteiger partial charge on any atom is -0.448 e. The molecule has 2 atom stereocenters. The summed E-state index contributed by atoms with van der Waals surface area (Å²) >= 11 is 0. The second-order valence-electron chi connectivity index (χ2n) is 11.1. The highest BCUT2D eigenvalue weighted by Gasteiger charge is 2.41. The van der Waals surface area contributed by atoms with Gasteiger partial charge in [-0.05, 0) is 70.7 Å². The molecule has 2 aliphatic heterocycles. The number of amides is 1. The zero-order valence-corrected chi connectivity index (χ0v) is 22.3. The molecule has 4 aromatic rings. The van der Waals surface area contributed by atoms with Gasteiger partial charge in [-0.3, -0.25) is 4.90 Å². The summed E-state index contributed by atoms with van der Waals surface area (Å²) in [6, 6.07) is 35.7. The van der Waals surface area contributed by atoms with Crippen LogP contribution in [0.3, 0.4) is 0 Å². The molecule has 0 radical (unpaired) electrons. The van der Waals surface area contributed by atoms with Crippen molar-refractivity contribution in [2.45, 2.75) is 43.7 Å². The Morgan fingerprint density at radius 2 is 1.48 bits per heavy atom. The van der Waals surface area contributed by atoms with Gasteiger partial charge in [0.15, 0.2) is 0 Å². The quantitative estimate of drug-likeness (QED) is 0.251. The van der Waals surface area contributed by atoms with Crippen molar-refractivity contribution in [2.24, 2.45) is 0 Å². The molecule has 2 bridgehead atoms. The van der Waals surface area contributed by atoms with Crippen LogP contribution in [0.5, 0.6) is 0 Å². The number of ether oxygens (including phenoxy) is 1. The normalized spacial score (nSPS) is 19.0. The van der Waals surface area contributed by atoms with Crippen LogP contribution in [-0.4, -0.2) is 29.7 Å². The van der Waals surface area contributed by atoms with Crippen LogP contribution in [0.2, 0.25) is 0 Å². The van der Waals surface area contributed by atoms with Crippen LogP contribution >= 0.6 is 0 Å². The zero-order valence-electron chi connectivity index (χ0n) is 22.3. The number of hydrogen-bond donors (Lipinski definition) is 0. The van der Waals surface area contributed by atoms with Gasteiger partial charge in [0, 0.05) is 12.0 Å². The standard InChI is InChI=1S/C36H30N2O2/c37-22-27-7-1-2-8-30(27)26-15-13-24(14-16-26)19-25-20-28-17-18-29(21-25)38(28)36(39)40-23-35-33-11-5-3-9-31(33)32-10-4-6-12-34(32)35/h1-16,20,28-29,35H,17-19,21,23H2. The lowest BCUT2D eigenvalue weighted by Crippen LogP contribution is -2.44. The second kappa shape index (κ2) is 10.2. The molecule has 3 aliphatic rings. The summed E-state index contributed by atoms with van der Waals surface area (Å²) in [5.41, 5.74) is 10.3. The molecule has 4 aromatic carbocycles. The van der Waals surface area contributed by atoms with Gasteiger partial charge in [-0.1, -0.05) is 103 Å². The molecule has 0 spiro atoms. The van der Waals surface area contributed by atoms with Crippen LogP contribution in [0.1, 0.15) is 47.4 Å². The Balaban J connectivity index is 1.02. The first-order valence-electron chi connectivity index (χ1n) is 14.1. The first kappa shape index (κ1) is 24.4. The molecule has 0 saturated carbocycles. The summed E-state index contributed by atoms with van der Waals surface area (Å²) in [6.45, 7) is 0.362. The molecule has 7 rings (SSSR count). The number of nitriles is 1. The van der Waals surface area contributed by atoms with E-state index in [-0.39, 0.29) is 24.1 Å². The van der Waals surface area contributed by atoms with Crippen molar-refractivity contribution in [1.82, 2.24) is 4.90 Å². The maximum atomic E-state index is 13.4. The monoisotopic (exact) mass is 522 g/mol. The van der Waals surface area contributed by atoms with E-state index in [9.17, 15) is 10.1 Å². The van der Waals surface area contributed by atoms with Crippen LogP contribution < -0.4 is 0 Å². The summed E-state index contributed by atoms with van der Waals surface area (Å²) in [5, 5.41) is 9.44. The zero-order chi connectivity index (χ0) is 27.1. The SMILES string of the molecule is N#Cc1ccccc1-c1ccc(CC2=CC3CCC(C2)N3C(=O)OCC2c3ccccc3-c3ccccc32)cc1. The molecule has 0 aromatic heterocycles. The molecule has 4 nitrogen and oxygen atoms in total. The van der Waals surface area contributed by atoms with Crippen molar-refractivity contribution < 1.29 is 9.53 Å². The molecule has 2 unspecified atom stereocenters. The van der Waals surface area contributed by atoms with Crippen molar-refractivity contribution in [1.29, 1.82) is 5.26 Å². The maximum Gasteiger partial charge on any atom is 0.410 e. The van der Waals surface area contributed by atoms with Crippen LogP contribution in [0.25, 0.3) is 22.3 Å². The van der Waals surface area contributed by atoms with E-state index >= 15 is 0 Å². The van der Waals surface area contributed by atoms with E-state index in [4.69, 9.17) is 4.74 Å². The Morgan fingerprint density at radius 3 is 2.15 bits per heavy atom. The third kappa shape index (κ3) is 4.28. The van der Waals surface area contributed by atoms with Gasteiger partial charge in [0.05, 0.1) is 17.7 Å². The van der Waals surface area contributed by atoms with E-state index in [2.05, 4.69) is 84.9 Å². The molecule has 1 amide bonds. The van der Waals surface area contributed by atoms with Crippen molar-refractivity contribution in [2.75, 3.05) is 6.61 Å². The van der Waals surface area contributed by atoms with Crippen molar-refractivity contribution in [3.63, 3.8) is 0 Å². The predicted molar refractivity (Wildman–Crippen MR) is 157 cm³/mol. The summed E-state index contributed by atoms with van der Waals surface area (Å²) in [6.07, 6.45) is 5.88. The van der Waals surface area contributed by atoms with E-state index in [0.29, 0.717) is 12.2 Å². The minimum atomic E-state index is -0.190.